The molecule has 1 aliphatic carbocycles. The zero-order chi connectivity index (χ0) is 26.4. The maximum Gasteiger partial charge on any atom is 0.123 e. The SMILES string of the molecule is [2H][C@](Nc1cc(Cl)c2ncc(C#N)c(NCC(C)(C)C)c2c1)(C1=CN(C2CC2)NN1)c1ccc(F)cc1. The van der Waals surface area contributed by atoms with E-state index in [1.165, 1.54) is 18.3 Å². The first-order valence-electron chi connectivity index (χ1n) is 12.4. The van der Waals surface area contributed by atoms with E-state index < -0.39 is 6.02 Å². The molecule has 5 rings (SSSR count). The van der Waals surface area contributed by atoms with Crippen molar-refractivity contribution in [3.63, 3.8) is 0 Å². The van der Waals surface area contributed by atoms with Gasteiger partial charge in [0.25, 0.3) is 0 Å². The average Bonchev–Trinajstić information content (AvgIpc) is 3.58. The van der Waals surface area contributed by atoms with Crippen LogP contribution in [0.15, 0.2) is 54.5 Å². The highest BCUT2D eigenvalue weighted by Crippen LogP contribution is 2.37. The van der Waals surface area contributed by atoms with E-state index in [2.05, 4.69) is 53.4 Å². The van der Waals surface area contributed by atoms with Crippen LogP contribution in [0, 0.1) is 22.6 Å². The van der Waals surface area contributed by atoms with E-state index in [4.69, 9.17) is 11.6 Å². The summed E-state index contributed by atoms with van der Waals surface area (Å²) in [5.41, 5.74) is 9.45. The number of hydrazine groups is 2. The van der Waals surface area contributed by atoms with Gasteiger partial charge in [-0.1, -0.05) is 44.5 Å². The van der Waals surface area contributed by atoms with Crippen LogP contribution in [-0.2, 0) is 0 Å². The zero-order valence-electron chi connectivity index (χ0n) is 21.4. The fraction of sp³-hybridized carbons (Fsp3) is 0.333. The normalized spacial score (nSPS) is 17.6. The predicted molar refractivity (Wildman–Crippen MR) is 141 cm³/mol. The van der Waals surface area contributed by atoms with Gasteiger partial charge in [-0.15, -0.1) is 5.53 Å². The minimum absolute atomic E-state index is 0.0259. The van der Waals surface area contributed by atoms with Gasteiger partial charge in [-0.05, 0) is 48.1 Å². The van der Waals surface area contributed by atoms with Crippen LogP contribution in [0.25, 0.3) is 10.9 Å². The first-order chi connectivity index (χ1) is 17.6. The summed E-state index contributed by atoms with van der Waals surface area (Å²) in [4.78, 5) is 4.42. The molecule has 0 unspecified atom stereocenters. The minimum atomic E-state index is -1.50. The van der Waals surface area contributed by atoms with Gasteiger partial charge >= 0.3 is 0 Å². The fourth-order valence-electron chi connectivity index (χ4n) is 4.02. The standard InChI is InChI=1S/C27H29ClFN7/c1-27(2,3)15-32-24-17(12-30)13-31-26-21(24)10-19(11-22(26)28)33-25(16-4-6-18(29)7-5-16)23-14-36(35-34-23)20-8-9-20/h4-7,10-11,13-14,20,25,33-35H,8-9,15H2,1-3H3,(H,31,32)/t25-/m1/s1/i25D. The summed E-state index contributed by atoms with van der Waals surface area (Å²) in [6.07, 6.45) is 5.54. The van der Waals surface area contributed by atoms with E-state index in [0.717, 1.165) is 12.8 Å². The van der Waals surface area contributed by atoms with Crippen molar-refractivity contribution in [2.75, 3.05) is 17.2 Å². The third-order valence-corrected chi connectivity index (χ3v) is 6.33. The van der Waals surface area contributed by atoms with Crippen molar-refractivity contribution in [2.24, 2.45) is 5.41 Å². The van der Waals surface area contributed by atoms with E-state index in [0.29, 0.717) is 56.7 Å². The van der Waals surface area contributed by atoms with Crippen LogP contribution in [0.1, 0.15) is 52.1 Å². The summed E-state index contributed by atoms with van der Waals surface area (Å²) in [5.74, 6) is -0.379. The summed E-state index contributed by atoms with van der Waals surface area (Å²) < 4.78 is 23.3. The molecule has 2 aromatic carbocycles. The molecule has 186 valence electrons. The van der Waals surface area contributed by atoms with Crippen LogP contribution in [0.5, 0.6) is 0 Å². The van der Waals surface area contributed by atoms with Gasteiger partial charge in [-0.25, -0.2) is 4.39 Å². The van der Waals surface area contributed by atoms with Crippen molar-refractivity contribution >= 4 is 33.9 Å². The number of halogens is 2. The average molecular weight is 507 g/mol. The van der Waals surface area contributed by atoms with Crippen molar-refractivity contribution in [3.8, 4) is 6.07 Å². The van der Waals surface area contributed by atoms with Gasteiger partial charge in [-0.2, -0.15) is 5.26 Å². The van der Waals surface area contributed by atoms with Crippen LogP contribution in [0.3, 0.4) is 0 Å². The topological polar surface area (TPSA) is 88.0 Å². The molecular weight excluding hydrogens is 477 g/mol. The zero-order valence-corrected chi connectivity index (χ0v) is 21.2. The van der Waals surface area contributed by atoms with Gasteiger partial charge in [0.2, 0.25) is 0 Å². The van der Waals surface area contributed by atoms with Gasteiger partial charge in [-0.3, -0.25) is 9.99 Å². The van der Waals surface area contributed by atoms with Crippen molar-refractivity contribution in [3.05, 3.63) is 76.5 Å². The summed E-state index contributed by atoms with van der Waals surface area (Å²) in [5, 5.41) is 19.5. The molecule has 1 fully saturated rings. The number of aromatic nitrogens is 1. The number of nitrogens with one attached hydrogen (secondary N) is 4. The molecule has 0 spiro atoms. The Kier molecular flexibility index (Phi) is 6.04. The number of nitriles is 1. The van der Waals surface area contributed by atoms with E-state index in [1.807, 2.05) is 17.3 Å². The number of hydrogen-bond donors (Lipinski definition) is 4. The van der Waals surface area contributed by atoms with E-state index in [9.17, 15) is 11.0 Å². The number of fused-ring (bicyclic) bond motifs is 1. The number of rotatable bonds is 7. The second-order valence-electron chi connectivity index (χ2n) is 10.4. The lowest BCUT2D eigenvalue weighted by Crippen LogP contribution is -2.38. The largest absolute Gasteiger partial charge is 0.383 e. The Bertz CT molecular complexity index is 1410. The van der Waals surface area contributed by atoms with Crippen LogP contribution >= 0.6 is 11.6 Å². The van der Waals surface area contributed by atoms with Gasteiger partial charge in [0, 0.05) is 36.1 Å². The van der Waals surface area contributed by atoms with E-state index in [-0.39, 0.29) is 11.2 Å². The summed E-state index contributed by atoms with van der Waals surface area (Å²) >= 11 is 6.67. The summed E-state index contributed by atoms with van der Waals surface area (Å²) in [6.45, 7) is 6.95. The molecule has 7 nitrogen and oxygen atoms in total. The Morgan fingerprint density at radius 3 is 2.72 bits per heavy atom. The molecule has 0 bridgehead atoms. The van der Waals surface area contributed by atoms with Crippen molar-refractivity contribution in [1.29, 1.82) is 5.26 Å². The highest BCUT2D eigenvalue weighted by molar-refractivity contribution is 6.35. The highest BCUT2D eigenvalue weighted by atomic mass is 35.5. The molecule has 0 radical (unpaired) electrons. The first kappa shape index (κ1) is 22.9. The van der Waals surface area contributed by atoms with Crippen molar-refractivity contribution in [2.45, 2.75) is 45.7 Å². The monoisotopic (exact) mass is 506 g/mol. The van der Waals surface area contributed by atoms with Crippen LogP contribution in [0.4, 0.5) is 15.8 Å². The predicted octanol–water partition coefficient (Wildman–Crippen LogP) is 5.84. The maximum absolute atomic E-state index is 13.8. The van der Waals surface area contributed by atoms with Gasteiger partial charge in [0.05, 0.1) is 34.9 Å². The number of benzene rings is 2. The Balaban J connectivity index is 1.60. The van der Waals surface area contributed by atoms with Crippen LogP contribution in [-0.4, -0.2) is 22.6 Å². The lowest BCUT2D eigenvalue weighted by Gasteiger charge is -2.23. The Hall–Kier alpha value is -3.54. The van der Waals surface area contributed by atoms with E-state index >= 15 is 0 Å². The van der Waals surface area contributed by atoms with Crippen molar-refractivity contribution in [1.82, 2.24) is 21.0 Å². The smallest absolute Gasteiger partial charge is 0.123 e. The van der Waals surface area contributed by atoms with E-state index in [1.54, 1.807) is 18.2 Å². The second-order valence-corrected chi connectivity index (χ2v) is 10.8. The highest BCUT2D eigenvalue weighted by Gasteiger charge is 2.32. The number of anilines is 2. The molecule has 36 heavy (non-hydrogen) atoms. The molecule has 1 aromatic heterocycles. The molecule has 0 saturated heterocycles. The Morgan fingerprint density at radius 2 is 2.06 bits per heavy atom. The summed E-state index contributed by atoms with van der Waals surface area (Å²) in [6, 6.07) is 10.5. The number of pyridine rings is 1. The lowest BCUT2D eigenvalue weighted by molar-refractivity contribution is 0.260. The van der Waals surface area contributed by atoms with Gasteiger partial charge < -0.3 is 16.1 Å². The van der Waals surface area contributed by atoms with Gasteiger partial charge in [0.1, 0.15) is 11.9 Å². The number of nitrogens with zero attached hydrogens (tertiary/aromatic N) is 3. The number of hydrogen-bond acceptors (Lipinski definition) is 7. The first-order valence-corrected chi connectivity index (χ1v) is 12.3. The molecule has 3 aromatic rings. The van der Waals surface area contributed by atoms with Crippen LogP contribution in [0.2, 0.25) is 5.02 Å². The molecule has 1 aliphatic heterocycles. The molecule has 9 heteroatoms. The van der Waals surface area contributed by atoms with Gasteiger partial charge in [0.15, 0.2) is 0 Å². The Morgan fingerprint density at radius 1 is 1.31 bits per heavy atom. The molecule has 2 aliphatic rings. The molecule has 0 amide bonds. The molecular formula is C27H29ClFN7. The third-order valence-electron chi connectivity index (χ3n) is 6.04. The Labute approximate surface area is 216 Å². The van der Waals surface area contributed by atoms with Crippen LogP contribution < -0.4 is 21.6 Å². The summed E-state index contributed by atoms with van der Waals surface area (Å²) in [7, 11) is 0. The minimum Gasteiger partial charge on any atom is -0.383 e. The van der Waals surface area contributed by atoms with Crippen molar-refractivity contribution < 1.29 is 5.76 Å². The second kappa shape index (κ2) is 9.49. The molecule has 1 saturated carbocycles. The maximum atomic E-state index is 13.8. The third kappa shape index (κ3) is 5.18. The quantitative estimate of drug-likeness (QED) is 0.320. The molecule has 4 N–H and O–H groups in total. The fourth-order valence-corrected chi connectivity index (χ4v) is 4.29. The lowest BCUT2D eigenvalue weighted by atomic mass is 9.96. The molecule has 2 heterocycles. The molecule has 1 atom stereocenters.